The first kappa shape index (κ1) is 16.0. The summed E-state index contributed by atoms with van der Waals surface area (Å²) in [5, 5.41) is 3.00. The van der Waals surface area contributed by atoms with E-state index in [0.29, 0.717) is 6.54 Å². The number of nitrogens with zero attached hydrogens (tertiary/aromatic N) is 1. The minimum atomic E-state index is -0.178. The standard InChI is InChI=1S/C18H22N2O2/c1-13(2)17(15-6-8-16(22-3)9-7-15)18(21)20-12-14-5-4-10-19-11-14/h4-11,13,17H,12H2,1-3H3,(H,20,21). The van der Waals surface area contributed by atoms with Crippen molar-refractivity contribution in [3.63, 3.8) is 0 Å². The van der Waals surface area contributed by atoms with Gasteiger partial charge < -0.3 is 10.1 Å². The Balaban J connectivity index is 2.08. The number of pyridine rings is 1. The van der Waals surface area contributed by atoms with Gasteiger partial charge in [0.25, 0.3) is 0 Å². The van der Waals surface area contributed by atoms with Gasteiger partial charge in [-0.3, -0.25) is 9.78 Å². The zero-order valence-electron chi connectivity index (χ0n) is 13.2. The summed E-state index contributed by atoms with van der Waals surface area (Å²) in [5.74, 6) is 0.857. The van der Waals surface area contributed by atoms with Gasteiger partial charge in [0.1, 0.15) is 5.75 Å². The van der Waals surface area contributed by atoms with Gasteiger partial charge in [-0.25, -0.2) is 0 Å². The predicted molar refractivity (Wildman–Crippen MR) is 86.7 cm³/mol. The molecule has 4 nitrogen and oxygen atoms in total. The molecule has 1 aromatic heterocycles. The zero-order chi connectivity index (χ0) is 15.9. The molecule has 0 saturated heterocycles. The number of amides is 1. The number of nitrogens with one attached hydrogen (secondary N) is 1. The van der Waals surface area contributed by atoms with E-state index in [1.165, 1.54) is 0 Å². The summed E-state index contributed by atoms with van der Waals surface area (Å²) in [5.41, 5.74) is 1.99. The molecule has 1 unspecified atom stereocenters. The number of methoxy groups -OCH3 is 1. The Morgan fingerprint density at radius 2 is 1.95 bits per heavy atom. The molecule has 0 aliphatic carbocycles. The van der Waals surface area contributed by atoms with E-state index >= 15 is 0 Å². The number of benzene rings is 1. The minimum absolute atomic E-state index is 0.0315. The van der Waals surface area contributed by atoms with Gasteiger partial charge in [0.15, 0.2) is 0 Å². The van der Waals surface area contributed by atoms with Crippen LogP contribution in [0.3, 0.4) is 0 Å². The van der Waals surface area contributed by atoms with Crippen molar-refractivity contribution in [3.8, 4) is 5.75 Å². The highest BCUT2D eigenvalue weighted by Gasteiger charge is 2.23. The molecule has 1 N–H and O–H groups in total. The van der Waals surface area contributed by atoms with E-state index in [1.807, 2.05) is 36.4 Å². The lowest BCUT2D eigenvalue weighted by molar-refractivity contribution is -0.123. The van der Waals surface area contributed by atoms with Crippen molar-refractivity contribution < 1.29 is 9.53 Å². The van der Waals surface area contributed by atoms with E-state index < -0.39 is 0 Å². The van der Waals surface area contributed by atoms with E-state index in [9.17, 15) is 4.79 Å². The SMILES string of the molecule is COc1ccc(C(C(=O)NCc2cccnc2)C(C)C)cc1. The molecule has 116 valence electrons. The van der Waals surface area contributed by atoms with E-state index in [4.69, 9.17) is 4.74 Å². The van der Waals surface area contributed by atoms with Gasteiger partial charge in [-0.05, 0) is 35.2 Å². The van der Waals surface area contributed by atoms with Gasteiger partial charge >= 0.3 is 0 Å². The fourth-order valence-corrected chi connectivity index (χ4v) is 2.45. The molecule has 1 atom stereocenters. The Labute approximate surface area is 131 Å². The van der Waals surface area contributed by atoms with Gasteiger partial charge in [0.05, 0.1) is 13.0 Å². The first-order valence-electron chi connectivity index (χ1n) is 7.42. The first-order valence-corrected chi connectivity index (χ1v) is 7.42. The normalized spacial score (nSPS) is 12.0. The average molecular weight is 298 g/mol. The van der Waals surface area contributed by atoms with E-state index in [1.54, 1.807) is 19.5 Å². The zero-order valence-corrected chi connectivity index (χ0v) is 13.2. The third-order valence-electron chi connectivity index (χ3n) is 3.61. The maximum absolute atomic E-state index is 12.6. The van der Waals surface area contributed by atoms with Gasteiger partial charge in [-0.1, -0.05) is 32.0 Å². The topological polar surface area (TPSA) is 51.2 Å². The third kappa shape index (κ3) is 4.07. The van der Waals surface area contributed by atoms with Crippen LogP contribution < -0.4 is 10.1 Å². The largest absolute Gasteiger partial charge is 0.497 e. The second-order valence-electron chi connectivity index (χ2n) is 5.57. The Morgan fingerprint density at radius 3 is 2.50 bits per heavy atom. The van der Waals surface area contributed by atoms with Crippen LogP contribution >= 0.6 is 0 Å². The monoisotopic (exact) mass is 298 g/mol. The van der Waals surface area contributed by atoms with Crippen molar-refractivity contribution in [2.24, 2.45) is 5.92 Å². The second kappa shape index (κ2) is 7.59. The Kier molecular flexibility index (Phi) is 5.53. The molecule has 0 spiro atoms. The molecule has 0 radical (unpaired) electrons. The van der Waals surface area contributed by atoms with E-state index in [-0.39, 0.29) is 17.7 Å². The lowest BCUT2D eigenvalue weighted by Crippen LogP contribution is -2.31. The van der Waals surface area contributed by atoms with Crippen LogP contribution in [0.5, 0.6) is 5.75 Å². The molecule has 2 aromatic rings. The molecule has 1 aromatic carbocycles. The number of hydrogen-bond acceptors (Lipinski definition) is 3. The fourth-order valence-electron chi connectivity index (χ4n) is 2.45. The highest BCUT2D eigenvalue weighted by molar-refractivity contribution is 5.83. The van der Waals surface area contributed by atoms with E-state index in [0.717, 1.165) is 16.9 Å². The van der Waals surface area contributed by atoms with Crippen LogP contribution in [-0.2, 0) is 11.3 Å². The van der Waals surface area contributed by atoms with Gasteiger partial charge in [0, 0.05) is 18.9 Å². The van der Waals surface area contributed by atoms with E-state index in [2.05, 4.69) is 24.1 Å². The van der Waals surface area contributed by atoms with Crippen molar-refractivity contribution in [3.05, 3.63) is 59.9 Å². The van der Waals surface area contributed by atoms with Crippen molar-refractivity contribution in [1.29, 1.82) is 0 Å². The summed E-state index contributed by atoms with van der Waals surface area (Å²) >= 11 is 0. The summed E-state index contributed by atoms with van der Waals surface area (Å²) in [7, 11) is 1.63. The van der Waals surface area contributed by atoms with Crippen LogP contribution in [0.4, 0.5) is 0 Å². The molecule has 1 heterocycles. The second-order valence-corrected chi connectivity index (χ2v) is 5.57. The summed E-state index contributed by atoms with van der Waals surface area (Å²) in [6, 6.07) is 11.5. The molecular weight excluding hydrogens is 276 g/mol. The molecule has 0 aliphatic rings. The number of carbonyl (C=O) groups excluding carboxylic acids is 1. The summed E-state index contributed by atoms with van der Waals surface area (Å²) in [4.78, 5) is 16.6. The summed E-state index contributed by atoms with van der Waals surface area (Å²) in [6.07, 6.45) is 3.48. The molecular formula is C18H22N2O2. The third-order valence-corrected chi connectivity index (χ3v) is 3.61. The minimum Gasteiger partial charge on any atom is -0.497 e. The molecule has 1 amide bonds. The van der Waals surface area contributed by atoms with Crippen molar-refractivity contribution in [2.75, 3.05) is 7.11 Å². The van der Waals surface area contributed by atoms with Crippen molar-refractivity contribution >= 4 is 5.91 Å². The molecule has 22 heavy (non-hydrogen) atoms. The fraction of sp³-hybridized carbons (Fsp3) is 0.333. The number of ether oxygens (including phenoxy) is 1. The van der Waals surface area contributed by atoms with Crippen LogP contribution in [-0.4, -0.2) is 18.0 Å². The number of carbonyl (C=O) groups is 1. The molecule has 0 fully saturated rings. The number of hydrogen-bond donors (Lipinski definition) is 1. The number of rotatable bonds is 6. The van der Waals surface area contributed by atoms with Crippen molar-refractivity contribution in [1.82, 2.24) is 10.3 Å². The maximum atomic E-state index is 12.6. The van der Waals surface area contributed by atoms with Crippen LogP contribution in [0.2, 0.25) is 0 Å². The van der Waals surface area contributed by atoms with Gasteiger partial charge in [-0.15, -0.1) is 0 Å². The molecule has 0 aliphatic heterocycles. The van der Waals surface area contributed by atoms with Crippen molar-refractivity contribution in [2.45, 2.75) is 26.3 Å². The Morgan fingerprint density at radius 1 is 1.23 bits per heavy atom. The first-order chi connectivity index (χ1) is 10.6. The lowest BCUT2D eigenvalue weighted by Gasteiger charge is -2.21. The molecule has 4 heteroatoms. The number of aromatic nitrogens is 1. The maximum Gasteiger partial charge on any atom is 0.228 e. The van der Waals surface area contributed by atoms with Gasteiger partial charge in [0.2, 0.25) is 5.91 Å². The Bertz CT molecular complexity index is 594. The molecule has 0 bridgehead atoms. The highest BCUT2D eigenvalue weighted by atomic mass is 16.5. The quantitative estimate of drug-likeness (QED) is 0.891. The van der Waals surface area contributed by atoms with Crippen LogP contribution in [0.15, 0.2) is 48.8 Å². The predicted octanol–water partition coefficient (Wildman–Crippen LogP) is 3.15. The van der Waals surface area contributed by atoms with Gasteiger partial charge in [-0.2, -0.15) is 0 Å². The molecule has 2 rings (SSSR count). The lowest BCUT2D eigenvalue weighted by atomic mass is 9.87. The highest BCUT2D eigenvalue weighted by Crippen LogP contribution is 2.26. The molecule has 0 saturated carbocycles. The van der Waals surface area contributed by atoms with Crippen LogP contribution in [0.25, 0.3) is 0 Å². The van der Waals surface area contributed by atoms with Crippen LogP contribution in [0, 0.1) is 5.92 Å². The summed E-state index contributed by atoms with van der Waals surface area (Å²) in [6.45, 7) is 4.60. The average Bonchev–Trinajstić information content (AvgIpc) is 2.54. The summed E-state index contributed by atoms with van der Waals surface area (Å²) < 4.78 is 5.17. The smallest absolute Gasteiger partial charge is 0.228 e. The Hall–Kier alpha value is -2.36. The van der Waals surface area contributed by atoms with Crippen LogP contribution in [0.1, 0.15) is 30.9 Å².